The molecule has 0 amide bonds. The number of halogens is 1. The van der Waals surface area contributed by atoms with Crippen molar-refractivity contribution in [1.29, 1.82) is 0 Å². The molecule has 0 radical (unpaired) electrons. The molecule has 0 aliphatic carbocycles. The quantitative estimate of drug-likeness (QED) is 0.337. The smallest absolute Gasteiger partial charge is 0.191 e. The van der Waals surface area contributed by atoms with E-state index in [0.29, 0.717) is 12.0 Å². The minimum Gasteiger partial charge on any atom is -0.377 e. The van der Waals surface area contributed by atoms with Gasteiger partial charge in [0.1, 0.15) is 0 Å². The molecule has 1 aliphatic rings. The highest BCUT2D eigenvalue weighted by Gasteiger charge is 2.35. The lowest BCUT2D eigenvalue weighted by Crippen LogP contribution is -2.47. The summed E-state index contributed by atoms with van der Waals surface area (Å²) in [5.74, 6) is 1.38. The van der Waals surface area contributed by atoms with E-state index in [1.807, 2.05) is 7.05 Å². The number of guanidine groups is 1. The van der Waals surface area contributed by atoms with Gasteiger partial charge in [0.15, 0.2) is 5.96 Å². The van der Waals surface area contributed by atoms with Crippen molar-refractivity contribution in [1.82, 2.24) is 15.6 Å². The van der Waals surface area contributed by atoms with Crippen LogP contribution in [0.4, 0.5) is 0 Å². The fraction of sp³-hybridized carbons (Fsp3) is 0.810. The van der Waals surface area contributed by atoms with Crippen molar-refractivity contribution in [2.45, 2.75) is 72.3 Å². The van der Waals surface area contributed by atoms with E-state index in [1.54, 1.807) is 11.3 Å². The summed E-state index contributed by atoms with van der Waals surface area (Å²) in [6, 6.07) is 0. The van der Waals surface area contributed by atoms with Crippen molar-refractivity contribution in [2.75, 3.05) is 26.7 Å². The summed E-state index contributed by atoms with van der Waals surface area (Å²) in [7, 11) is 1.83. The average molecular weight is 523 g/mol. The van der Waals surface area contributed by atoms with Gasteiger partial charge in [0, 0.05) is 49.9 Å². The second-order valence-corrected chi connectivity index (χ2v) is 10.5. The van der Waals surface area contributed by atoms with Gasteiger partial charge in [-0.1, -0.05) is 41.5 Å². The number of ether oxygens (including phenoxy) is 1. The maximum Gasteiger partial charge on any atom is 0.191 e. The molecule has 2 heterocycles. The molecule has 0 aromatic carbocycles. The molecule has 5 nitrogen and oxygen atoms in total. The molecule has 1 aromatic rings. The first-order chi connectivity index (χ1) is 12.6. The van der Waals surface area contributed by atoms with Crippen LogP contribution < -0.4 is 10.6 Å². The van der Waals surface area contributed by atoms with Crippen LogP contribution in [0.1, 0.15) is 65.1 Å². The van der Waals surface area contributed by atoms with Crippen molar-refractivity contribution in [3.05, 3.63) is 16.1 Å². The van der Waals surface area contributed by atoms with E-state index in [4.69, 9.17) is 9.72 Å². The standard InChI is InChI=1S/C21H38N4OS.HI/c1-20(2,3)16-14-27-17(25-16)10-11-23-19(22-7)24-13-15-9-8-12-26-18(15)21(4,5)6;/h14-15,18H,8-13H2,1-7H3,(H2,22,23,24);1H. The highest BCUT2D eigenvalue weighted by molar-refractivity contribution is 14.0. The molecule has 2 N–H and O–H groups in total. The van der Waals surface area contributed by atoms with Gasteiger partial charge in [-0.3, -0.25) is 4.99 Å². The second-order valence-electron chi connectivity index (χ2n) is 9.57. The van der Waals surface area contributed by atoms with Crippen LogP contribution in [-0.2, 0) is 16.6 Å². The van der Waals surface area contributed by atoms with E-state index in [9.17, 15) is 0 Å². The lowest BCUT2D eigenvalue weighted by Gasteiger charge is -2.40. The van der Waals surface area contributed by atoms with Crippen LogP contribution in [0.3, 0.4) is 0 Å². The van der Waals surface area contributed by atoms with Crippen LogP contribution in [0.15, 0.2) is 10.4 Å². The Balaban J connectivity index is 0.00000392. The second kappa shape index (κ2) is 11.1. The van der Waals surface area contributed by atoms with E-state index in [2.05, 4.69) is 62.5 Å². The Morgan fingerprint density at radius 3 is 2.54 bits per heavy atom. The number of thiazole rings is 1. The largest absolute Gasteiger partial charge is 0.377 e. The van der Waals surface area contributed by atoms with Gasteiger partial charge in [-0.25, -0.2) is 4.98 Å². The Hall–Kier alpha value is -0.410. The molecule has 2 unspecified atom stereocenters. The Labute approximate surface area is 192 Å². The number of rotatable bonds is 5. The molecule has 2 atom stereocenters. The summed E-state index contributed by atoms with van der Waals surface area (Å²) < 4.78 is 6.08. The zero-order valence-corrected chi connectivity index (χ0v) is 21.7. The Morgan fingerprint density at radius 2 is 1.96 bits per heavy atom. The van der Waals surface area contributed by atoms with Gasteiger partial charge in [-0.2, -0.15) is 0 Å². The van der Waals surface area contributed by atoms with E-state index < -0.39 is 0 Å². The first-order valence-electron chi connectivity index (χ1n) is 10.1. The lowest BCUT2D eigenvalue weighted by atomic mass is 9.78. The van der Waals surface area contributed by atoms with E-state index in [-0.39, 0.29) is 34.8 Å². The van der Waals surface area contributed by atoms with E-state index in [1.165, 1.54) is 17.1 Å². The maximum atomic E-state index is 6.08. The van der Waals surface area contributed by atoms with Crippen molar-refractivity contribution in [3.8, 4) is 0 Å². The molecular formula is C21H39IN4OS. The van der Waals surface area contributed by atoms with Crippen LogP contribution in [0, 0.1) is 11.3 Å². The molecule has 0 spiro atoms. The van der Waals surface area contributed by atoms with Gasteiger partial charge in [0.05, 0.1) is 16.8 Å². The molecule has 28 heavy (non-hydrogen) atoms. The summed E-state index contributed by atoms with van der Waals surface area (Å²) in [5.41, 5.74) is 1.46. The molecule has 162 valence electrons. The van der Waals surface area contributed by atoms with Crippen LogP contribution >= 0.6 is 35.3 Å². The number of aliphatic imine (C=N–C) groups is 1. The van der Waals surface area contributed by atoms with Crippen LogP contribution in [0.5, 0.6) is 0 Å². The Morgan fingerprint density at radius 1 is 1.25 bits per heavy atom. The molecule has 1 aromatic heterocycles. The SMILES string of the molecule is CN=C(NCCc1nc(C(C)(C)C)cs1)NCC1CCCOC1C(C)(C)C.I. The number of hydrogen-bond acceptors (Lipinski definition) is 4. The number of nitrogens with zero attached hydrogens (tertiary/aromatic N) is 2. The third kappa shape index (κ3) is 7.78. The topological polar surface area (TPSA) is 58.5 Å². The summed E-state index contributed by atoms with van der Waals surface area (Å²) >= 11 is 1.75. The first-order valence-corrected chi connectivity index (χ1v) is 11.0. The summed E-state index contributed by atoms with van der Waals surface area (Å²) in [6.45, 7) is 16.0. The van der Waals surface area contributed by atoms with Crippen LogP contribution in [0.25, 0.3) is 0 Å². The number of aromatic nitrogens is 1. The molecule has 0 bridgehead atoms. The number of hydrogen-bond donors (Lipinski definition) is 2. The zero-order chi connectivity index (χ0) is 20.1. The summed E-state index contributed by atoms with van der Waals surface area (Å²) in [6.07, 6.45) is 3.56. The third-order valence-electron chi connectivity index (χ3n) is 5.01. The fourth-order valence-corrected chi connectivity index (χ4v) is 4.54. The molecule has 1 saturated heterocycles. The minimum absolute atomic E-state index is 0. The predicted molar refractivity (Wildman–Crippen MR) is 131 cm³/mol. The average Bonchev–Trinajstić information content (AvgIpc) is 3.06. The highest BCUT2D eigenvalue weighted by Crippen LogP contribution is 2.33. The van der Waals surface area contributed by atoms with Gasteiger partial charge < -0.3 is 15.4 Å². The fourth-order valence-electron chi connectivity index (χ4n) is 3.52. The number of nitrogens with one attached hydrogen (secondary N) is 2. The molecular weight excluding hydrogens is 483 g/mol. The van der Waals surface area contributed by atoms with Crippen LogP contribution in [-0.4, -0.2) is 43.8 Å². The summed E-state index contributed by atoms with van der Waals surface area (Å²) in [4.78, 5) is 9.13. The molecule has 7 heteroatoms. The van der Waals surface area contributed by atoms with Gasteiger partial charge in [-0.15, -0.1) is 35.3 Å². The molecule has 2 rings (SSSR count). The van der Waals surface area contributed by atoms with Gasteiger partial charge in [0.2, 0.25) is 0 Å². The zero-order valence-electron chi connectivity index (χ0n) is 18.6. The third-order valence-corrected chi connectivity index (χ3v) is 5.91. The monoisotopic (exact) mass is 522 g/mol. The molecule has 1 aliphatic heterocycles. The first kappa shape index (κ1) is 25.6. The van der Waals surface area contributed by atoms with E-state index in [0.717, 1.165) is 38.5 Å². The lowest BCUT2D eigenvalue weighted by molar-refractivity contribution is -0.0835. The summed E-state index contributed by atoms with van der Waals surface area (Å²) in [5, 5.41) is 10.3. The predicted octanol–water partition coefficient (Wildman–Crippen LogP) is 4.61. The van der Waals surface area contributed by atoms with Crippen molar-refractivity contribution < 1.29 is 4.74 Å². The minimum atomic E-state index is 0. The van der Waals surface area contributed by atoms with Crippen LogP contribution in [0.2, 0.25) is 0 Å². The Bertz CT molecular complexity index is 619. The van der Waals surface area contributed by atoms with Gasteiger partial charge >= 0.3 is 0 Å². The highest BCUT2D eigenvalue weighted by atomic mass is 127. The van der Waals surface area contributed by atoms with Crippen molar-refractivity contribution in [2.24, 2.45) is 16.3 Å². The van der Waals surface area contributed by atoms with Gasteiger partial charge in [0.25, 0.3) is 0 Å². The molecule has 0 saturated carbocycles. The van der Waals surface area contributed by atoms with Crippen molar-refractivity contribution >= 4 is 41.3 Å². The molecule has 1 fully saturated rings. The Kier molecular flexibility index (Phi) is 10.2. The van der Waals surface area contributed by atoms with Crippen molar-refractivity contribution in [3.63, 3.8) is 0 Å². The maximum absolute atomic E-state index is 6.08. The normalized spacial score (nSPS) is 21.2. The van der Waals surface area contributed by atoms with E-state index >= 15 is 0 Å². The van der Waals surface area contributed by atoms with Gasteiger partial charge in [-0.05, 0) is 18.3 Å².